The highest BCUT2D eigenvalue weighted by atomic mass is 16.5. The first-order valence-corrected chi connectivity index (χ1v) is 7.06. The van der Waals surface area contributed by atoms with Gasteiger partial charge in [-0.15, -0.1) is 0 Å². The standard InChI is InChI=1S/C14H27N3O/c1-4-16-14(2,12-15)8-9-17(3)11-13-7-5-6-10-18-13/h13,16H,4-11H2,1-3H3. The minimum Gasteiger partial charge on any atom is -0.377 e. The molecular weight excluding hydrogens is 226 g/mol. The minimum atomic E-state index is -0.406. The molecule has 0 saturated carbocycles. The average Bonchev–Trinajstić information content (AvgIpc) is 2.38. The monoisotopic (exact) mass is 253 g/mol. The van der Waals surface area contributed by atoms with E-state index in [2.05, 4.69) is 23.3 Å². The second kappa shape index (κ2) is 7.73. The summed E-state index contributed by atoms with van der Waals surface area (Å²) in [5, 5.41) is 12.4. The van der Waals surface area contributed by atoms with Crippen LogP contribution in [0.5, 0.6) is 0 Å². The highest BCUT2D eigenvalue weighted by molar-refractivity contribution is 5.03. The van der Waals surface area contributed by atoms with Crippen molar-refractivity contribution in [1.82, 2.24) is 10.2 Å². The van der Waals surface area contributed by atoms with Crippen molar-refractivity contribution < 1.29 is 4.74 Å². The van der Waals surface area contributed by atoms with Gasteiger partial charge in [0, 0.05) is 19.7 Å². The average molecular weight is 253 g/mol. The number of nitrogens with zero attached hydrogens (tertiary/aromatic N) is 2. The Morgan fingerprint density at radius 3 is 2.83 bits per heavy atom. The van der Waals surface area contributed by atoms with Crippen LogP contribution in [0.4, 0.5) is 0 Å². The van der Waals surface area contributed by atoms with Gasteiger partial charge in [-0.1, -0.05) is 6.92 Å². The third-order valence-corrected chi connectivity index (χ3v) is 3.60. The van der Waals surface area contributed by atoms with Gasteiger partial charge in [0.1, 0.15) is 5.54 Å². The smallest absolute Gasteiger partial charge is 0.105 e. The SMILES string of the molecule is CCNC(C)(C#N)CCN(C)CC1CCCCO1. The fourth-order valence-corrected chi connectivity index (χ4v) is 2.38. The fourth-order valence-electron chi connectivity index (χ4n) is 2.38. The van der Waals surface area contributed by atoms with Crippen LogP contribution in [0.3, 0.4) is 0 Å². The highest BCUT2D eigenvalue weighted by Crippen LogP contribution is 2.14. The molecule has 0 aliphatic carbocycles. The van der Waals surface area contributed by atoms with Gasteiger partial charge in [-0.25, -0.2) is 0 Å². The van der Waals surface area contributed by atoms with E-state index in [0.29, 0.717) is 6.10 Å². The summed E-state index contributed by atoms with van der Waals surface area (Å²) in [6.07, 6.45) is 4.89. The lowest BCUT2D eigenvalue weighted by Gasteiger charge is -2.29. The number of hydrogen-bond donors (Lipinski definition) is 1. The van der Waals surface area contributed by atoms with Crippen molar-refractivity contribution >= 4 is 0 Å². The summed E-state index contributed by atoms with van der Waals surface area (Å²) in [7, 11) is 2.11. The fraction of sp³-hybridized carbons (Fsp3) is 0.929. The molecule has 1 aliphatic rings. The molecule has 2 atom stereocenters. The lowest BCUT2D eigenvalue weighted by Crippen LogP contribution is -2.44. The van der Waals surface area contributed by atoms with Crippen molar-refractivity contribution in [2.45, 2.75) is 51.2 Å². The van der Waals surface area contributed by atoms with Crippen LogP contribution in [0.2, 0.25) is 0 Å². The van der Waals surface area contributed by atoms with Crippen LogP contribution in [0.25, 0.3) is 0 Å². The van der Waals surface area contributed by atoms with E-state index in [1.165, 1.54) is 19.3 Å². The summed E-state index contributed by atoms with van der Waals surface area (Å²) in [5.41, 5.74) is -0.406. The van der Waals surface area contributed by atoms with Crippen molar-refractivity contribution in [3.8, 4) is 6.07 Å². The highest BCUT2D eigenvalue weighted by Gasteiger charge is 2.23. The van der Waals surface area contributed by atoms with E-state index in [0.717, 1.165) is 32.7 Å². The Labute approximate surface area is 111 Å². The van der Waals surface area contributed by atoms with Gasteiger partial charge in [-0.3, -0.25) is 5.32 Å². The molecule has 1 rings (SSSR count). The molecule has 0 aromatic rings. The van der Waals surface area contributed by atoms with Crippen molar-refractivity contribution in [3.63, 3.8) is 0 Å². The van der Waals surface area contributed by atoms with E-state index in [-0.39, 0.29) is 0 Å². The van der Waals surface area contributed by atoms with Crippen LogP contribution in [-0.2, 0) is 4.74 Å². The first kappa shape index (κ1) is 15.4. The molecule has 0 radical (unpaired) electrons. The summed E-state index contributed by atoms with van der Waals surface area (Å²) < 4.78 is 5.73. The Balaban J connectivity index is 2.26. The van der Waals surface area contributed by atoms with Crippen LogP contribution in [0.15, 0.2) is 0 Å². The van der Waals surface area contributed by atoms with Gasteiger partial charge in [0.2, 0.25) is 0 Å². The molecule has 1 heterocycles. The van der Waals surface area contributed by atoms with Gasteiger partial charge < -0.3 is 9.64 Å². The summed E-state index contributed by atoms with van der Waals surface area (Å²) in [6.45, 7) is 7.66. The van der Waals surface area contributed by atoms with Crippen molar-refractivity contribution in [2.75, 3.05) is 33.3 Å². The largest absolute Gasteiger partial charge is 0.377 e. The molecule has 1 fully saturated rings. The molecule has 0 spiro atoms. The molecule has 1 aliphatic heterocycles. The summed E-state index contributed by atoms with van der Waals surface area (Å²) in [4.78, 5) is 2.28. The first-order valence-electron chi connectivity index (χ1n) is 7.06. The number of likely N-dealkylation sites (N-methyl/N-ethyl adjacent to an activating group) is 1. The zero-order valence-corrected chi connectivity index (χ0v) is 12.0. The number of nitriles is 1. The van der Waals surface area contributed by atoms with E-state index in [9.17, 15) is 5.26 Å². The van der Waals surface area contributed by atoms with Gasteiger partial charge in [0.05, 0.1) is 12.2 Å². The van der Waals surface area contributed by atoms with Crippen LogP contribution in [0, 0.1) is 11.3 Å². The molecule has 4 heteroatoms. The molecule has 104 valence electrons. The first-order chi connectivity index (χ1) is 8.59. The number of nitrogens with one attached hydrogen (secondary N) is 1. The molecule has 1 saturated heterocycles. The van der Waals surface area contributed by atoms with E-state index in [1.807, 2.05) is 13.8 Å². The normalized spacial score (nSPS) is 23.6. The molecule has 1 N–H and O–H groups in total. The van der Waals surface area contributed by atoms with Gasteiger partial charge >= 0.3 is 0 Å². The predicted molar refractivity (Wildman–Crippen MR) is 73.4 cm³/mol. The Bertz CT molecular complexity index is 271. The van der Waals surface area contributed by atoms with Crippen LogP contribution < -0.4 is 5.32 Å². The number of ether oxygens (including phenoxy) is 1. The van der Waals surface area contributed by atoms with Crippen LogP contribution in [-0.4, -0.2) is 49.8 Å². The maximum absolute atomic E-state index is 9.19. The molecule has 0 amide bonds. The lowest BCUT2D eigenvalue weighted by molar-refractivity contribution is -0.00211. The number of hydrogen-bond acceptors (Lipinski definition) is 4. The van der Waals surface area contributed by atoms with E-state index < -0.39 is 5.54 Å². The second-order valence-corrected chi connectivity index (χ2v) is 5.48. The summed E-state index contributed by atoms with van der Waals surface area (Å²) in [6, 6.07) is 2.37. The predicted octanol–water partition coefficient (Wildman–Crippen LogP) is 1.77. The topological polar surface area (TPSA) is 48.3 Å². The maximum atomic E-state index is 9.19. The van der Waals surface area contributed by atoms with Gasteiger partial charge in [-0.2, -0.15) is 5.26 Å². The lowest BCUT2D eigenvalue weighted by atomic mass is 9.99. The van der Waals surface area contributed by atoms with Crippen molar-refractivity contribution in [2.24, 2.45) is 0 Å². The second-order valence-electron chi connectivity index (χ2n) is 5.48. The van der Waals surface area contributed by atoms with Gasteiger partial charge in [-0.05, 0) is 46.2 Å². The molecule has 18 heavy (non-hydrogen) atoms. The zero-order chi connectivity index (χ0) is 13.4. The minimum absolute atomic E-state index is 0.385. The Kier molecular flexibility index (Phi) is 6.62. The molecule has 0 aromatic heterocycles. The van der Waals surface area contributed by atoms with Crippen LogP contribution >= 0.6 is 0 Å². The van der Waals surface area contributed by atoms with Crippen LogP contribution in [0.1, 0.15) is 39.5 Å². The number of rotatable bonds is 7. The molecule has 2 unspecified atom stereocenters. The van der Waals surface area contributed by atoms with Gasteiger partial charge in [0.15, 0.2) is 0 Å². The Morgan fingerprint density at radius 1 is 1.50 bits per heavy atom. The quantitative estimate of drug-likeness (QED) is 0.751. The Hall–Kier alpha value is -0.630. The molecule has 4 nitrogen and oxygen atoms in total. The van der Waals surface area contributed by atoms with Crippen molar-refractivity contribution in [1.29, 1.82) is 5.26 Å². The third kappa shape index (κ3) is 5.34. The van der Waals surface area contributed by atoms with Crippen molar-refractivity contribution in [3.05, 3.63) is 0 Å². The third-order valence-electron chi connectivity index (χ3n) is 3.60. The van der Waals surface area contributed by atoms with E-state index >= 15 is 0 Å². The molecular formula is C14H27N3O. The molecule has 0 bridgehead atoms. The Morgan fingerprint density at radius 2 is 2.28 bits per heavy atom. The van der Waals surface area contributed by atoms with Gasteiger partial charge in [0.25, 0.3) is 0 Å². The van der Waals surface area contributed by atoms with E-state index in [1.54, 1.807) is 0 Å². The summed E-state index contributed by atoms with van der Waals surface area (Å²) in [5.74, 6) is 0. The zero-order valence-electron chi connectivity index (χ0n) is 12.0. The van der Waals surface area contributed by atoms with E-state index in [4.69, 9.17) is 4.74 Å². The maximum Gasteiger partial charge on any atom is 0.105 e. The molecule has 0 aromatic carbocycles. The summed E-state index contributed by atoms with van der Waals surface area (Å²) >= 11 is 0.